The van der Waals surface area contributed by atoms with Crippen LogP contribution in [-0.4, -0.2) is 14.6 Å². The van der Waals surface area contributed by atoms with Gasteiger partial charge in [-0.25, -0.2) is 0 Å². The highest BCUT2D eigenvalue weighted by atomic mass is 127. The third-order valence-corrected chi connectivity index (χ3v) is 5.64. The Morgan fingerprint density at radius 1 is 1.18 bits per heavy atom. The fraction of sp³-hybridized carbons (Fsp3) is 0. The zero-order valence-corrected chi connectivity index (χ0v) is 14.9. The Hall–Kier alpha value is -1.58. The molecule has 0 fully saturated rings. The van der Waals surface area contributed by atoms with Crippen LogP contribution in [0.5, 0.6) is 0 Å². The number of thiazole rings is 1. The maximum atomic E-state index is 12.4. The minimum Gasteiger partial charge on any atom is -0.266 e. The molecule has 4 rings (SSSR count). The number of hydrogen-bond donors (Lipinski definition) is 0. The summed E-state index contributed by atoms with van der Waals surface area (Å²) in [5, 5.41) is 6.29. The number of nitrogens with zero attached hydrogens (tertiary/aromatic N) is 3. The predicted molar refractivity (Wildman–Crippen MR) is 98.4 cm³/mol. The second-order valence-corrected chi connectivity index (χ2v) is 7.78. The lowest BCUT2D eigenvalue weighted by Crippen LogP contribution is -2.23. The molecule has 0 unspecified atom stereocenters. The quantitative estimate of drug-likeness (QED) is 0.453. The number of aromatic nitrogens is 3. The fourth-order valence-electron chi connectivity index (χ4n) is 2.05. The lowest BCUT2D eigenvalue weighted by molar-refractivity contribution is 0.938. The van der Waals surface area contributed by atoms with Gasteiger partial charge in [-0.3, -0.25) is 4.79 Å². The molecule has 0 aliphatic carbocycles. The molecular formula is C15H8IN3OS2. The van der Waals surface area contributed by atoms with Gasteiger partial charge in [-0.05, 0) is 57.8 Å². The first-order valence-corrected chi connectivity index (χ1v) is 9.19. The molecule has 22 heavy (non-hydrogen) atoms. The molecular weight excluding hydrogens is 429 g/mol. The molecule has 0 saturated carbocycles. The van der Waals surface area contributed by atoms with Crippen LogP contribution in [0.25, 0.3) is 21.7 Å². The van der Waals surface area contributed by atoms with E-state index in [-0.39, 0.29) is 5.56 Å². The third kappa shape index (κ3) is 2.49. The van der Waals surface area contributed by atoms with Crippen LogP contribution in [0.1, 0.15) is 5.56 Å². The van der Waals surface area contributed by atoms with Gasteiger partial charge in [0.25, 0.3) is 5.56 Å². The molecule has 0 bridgehead atoms. The van der Waals surface area contributed by atoms with Gasteiger partial charge in [-0.15, -0.1) is 16.4 Å². The Balaban J connectivity index is 1.84. The van der Waals surface area contributed by atoms with Gasteiger partial charge in [0.15, 0.2) is 5.82 Å². The van der Waals surface area contributed by atoms with Gasteiger partial charge < -0.3 is 0 Å². The average Bonchev–Trinajstić information content (AvgIpc) is 3.20. The molecule has 7 heteroatoms. The highest BCUT2D eigenvalue weighted by Gasteiger charge is 2.12. The Kier molecular flexibility index (Phi) is 3.55. The molecule has 0 radical (unpaired) electrons. The van der Waals surface area contributed by atoms with Crippen molar-refractivity contribution in [1.29, 1.82) is 0 Å². The van der Waals surface area contributed by atoms with Crippen LogP contribution in [0.3, 0.4) is 0 Å². The summed E-state index contributed by atoms with van der Waals surface area (Å²) in [4.78, 5) is 18.5. The number of benzene rings is 1. The monoisotopic (exact) mass is 437 g/mol. The van der Waals surface area contributed by atoms with Crippen LogP contribution in [0.4, 0.5) is 0 Å². The van der Waals surface area contributed by atoms with Gasteiger partial charge in [0.2, 0.25) is 4.96 Å². The van der Waals surface area contributed by atoms with Gasteiger partial charge in [0.05, 0.1) is 9.41 Å². The van der Waals surface area contributed by atoms with Crippen molar-refractivity contribution in [2.24, 2.45) is 0 Å². The molecule has 1 aromatic carbocycles. The van der Waals surface area contributed by atoms with Crippen LogP contribution >= 0.6 is 45.3 Å². The van der Waals surface area contributed by atoms with Crippen LogP contribution in [0.2, 0.25) is 0 Å². The van der Waals surface area contributed by atoms with Crippen molar-refractivity contribution in [3.63, 3.8) is 0 Å². The van der Waals surface area contributed by atoms with E-state index in [0.29, 0.717) is 15.3 Å². The summed E-state index contributed by atoms with van der Waals surface area (Å²) in [6.07, 6.45) is 1.88. The standard InChI is InChI=1S/C15H8IN3OS2/c16-10-5-3-9(4-6-10)8-12-14(20)19-15(22-12)17-13(18-19)11-2-1-7-21-11/h1-8H. The molecule has 0 spiro atoms. The first-order chi connectivity index (χ1) is 10.7. The summed E-state index contributed by atoms with van der Waals surface area (Å²) < 4.78 is 3.20. The van der Waals surface area contributed by atoms with E-state index in [4.69, 9.17) is 0 Å². The molecule has 0 N–H and O–H groups in total. The van der Waals surface area contributed by atoms with Crippen LogP contribution in [0.15, 0.2) is 46.6 Å². The fourth-order valence-corrected chi connectivity index (χ4v) is 3.97. The summed E-state index contributed by atoms with van der Waals surface area (Å²) >= 11 is 5.19. The Morgan fingerprint density at radius 3 is 2.68 bits per heavy atom. The lowest BCUT2D eigenvalue weighted by atomic mass is 10.2. The number of halogens is 1. The Morgan fingerprint density at radius 2 is 2.00 bits per heavy atom. The van der Waals surface area contributed by atoms with Crippen molar-refractivity contribution in [1.82, 2.24) is 14.6 Å². The molecule has 0 atom stereocenters. The topological polar surface area (TPSA) is 47.3 Å². The first kappa shape index (κ1) is 14.0. The van der Waals surface area contributed by atoms with E-state index < -0.39 is 0 Å². The SMILES string of the molecule is O=c1c(=Cc2ccc(I)cc2)sc2nc(-c3cccs3)nn12. The Labute approximate surface area is 146 Å². The van der Waals surface area contributed by atoms with Crippen molar-refractivity contribution >= 4 is 56.3 Å². The maximum Gasteiger partial charge on any atom is 0.291 e. The van der Waals surface area contributed by atoms with Gasteiger partial charge in [-0.1, -0.05) is 29.5 Å². The molecule has 4 aromatic rings. The molecule has 0 amide bonds. The van der Waals surface area contributed by atoms with Gasteiger partial charge in [-0.2, -0.15) is 9.50 Å². The molecule has 3 heterocycles. The average molecular weight is 437 g/mol. The third-order valence-electron chi connectivity index (χ3n) is 3.09. The minimum absolute atomic E-state index is 0.117. The lowest BCUT2D eigenvalue weighted by Gasteiger charge is -1.91. The van der Waals surface area contributed by atoms with Gasteiger partial charge >= 0.3 is 0 Å². The van der Waals surface area contributed by atoms with E-state index in [0.717, 1.165) is 10.4 Å². The van der Waals surface area contributed by atoms with E-state index in [9.17, 15) is 4.79 Å². The van der Waals surface area contributed by atoms with Crippen molar-refractivity contribution < 1.29 is 0 Å². The van der Waals surface area contributed by atoms with Gasteiger partial charge in [0.1, 0.15) is 0 Å². The van der Waals surface area contributed by atoms with Crippen molar-refractivity contribution in [2.75, 3.05) is 0 Å². The molecule has 0 aliphatic heterocycles. The van der Waals surface area contributed by atoms with Crippen LogP contribution < -0.4 is 10.1 Å². The van der Waals surface area contributed by atoms with E-state index in [1.165, 1.54) is 19.4 Å². The van der Waals surface area contributed by atoms with E-state index >= 15 is 0 Å². The number of thiophene rings is 1. The predicted octanol–water partition coefficient (Wildman–Crippen LogP) is 3.03. The zero-order valence-electron chi connectivity index (χ0n) is 11.1. The first-order valence-electron chi connectivity index (χ1n) is 6.41. The summed E-state index contributed by atoms with van der Waals surface area (Å²) in [6.45, 7) is 0. The van der Waals surface area contributed by atoms with E-state index in [2.05, 4.69) is 32.7 Å². The molecule has 108 valence electrons. The van der Waals surface area contributed by atoms with Crippen LogP contribution in [0, 0.1) is 3.57 Å². The highest BCUT2D eigenvalue weighted by molar-refractivity contribution is 14.1. The van der Waals surface area contributed by atoms with Crippen molar-refractivity contribution in [3.05, 3.63) is 65.8 Å². The van der Waals surface area contributed by atoms with Gasteiger partial charge in [0, 0.05) is 3.57 Å². The van der Waals surface area contributed by atoms with Crippen LogP contribution in [-0.2, 0) is 0 Å². The zero-order chi connectivity index (χ0) is 15.1. The van der Waals surface area contributed by atoms with Crippen molar-refractivity contribution in [2.45, 2.75) is 0 Å². The number of fused-ring (bicyclic) bond motifs is 1. The second-order valence-electron chi connectivity index (χ2n) is 4.57. The molecule has 4 nitrogen and oxygen atoms in total. The second kappa shape index (κ2) is 5.56. The summed E-state index contributed by atoms with van der Waals surface area (Å²) in [5.74, 6) is 0.610. The van der Waals surface area contributed by atoms with E-state index in [1.54, 1.807) is 11.3 Å². The summed E-state index contributed by atoms with van der Waals surface area (Å²) in [6, 6.07) is 11.9. The molecule has 0 saturated heterocycles. The Bertz CT molecular complexity index is 1050. The number of hydrogen-bond acceptors (Lipinski definition) is 5. The number of rotatable bonds is 2. The smallest absolute Gasteiger partial charge is 0.266 e. The summed E-state index contributed by atoms with van der Waals surface area (Å²) in [5.41, 5.74) is 0.884. The van der Waals surface area contributed by atoms with E-state index in [1.807, 2.05) is 47.9 Å². The minimum atomic E-state index is -0.117. The normalized spacial score (nSPS) is 12.3. The maximum absolute atomic E-state index is 12.4. The van der Waals surface area contributed by atoms with Crippen molar-refractivity contribution in [3.8, 4) is 10.7 Å². The highest BCUT2D eigenvalue weighted by Crippen LogP contribution is 2.21. The largest absolute Gasteiger partial charge is 0.291 e. The molecule has 3 aromatic heterocycles. The molecule has 0 aliphatic rings. The summed E-state index contributed by atoms with van der Waals surface area (Å²) in [7, 11) is 0.